The van der Waals surface area contributed by atoms with Gasteiger partial charge in [0.15, 0.2) is 0 Å². The van der Waals surface area contributed by atoms with Gasteiger partial charge in [-0.05, 0) is 56.0 Å². The number of nitrogens with one attached hydrogen (secondary N) is 1. The third-order valence-electron chi connectivity index (χ3n) is 6.24. The predicted octanol–water partition coefficient (Wildman–Crippen LogP) is 2.70. The van der Waals surface area contributed by atoms with Gasteiger partial charge in [0.25, 0.3) is 0 Å². The Kier molecular flexibility index (Phi) is 3.76. The van der Waals surface area contributed by atoms with Gasteiger partial charge in [0.05, 0.1) is 11.4 Å². The molecule has 1 N–H and O–H groups in total. The van der Waals surface area contributed by atoms with Gasteiger partial charge in [0, 0.05) is 36.6 Å². The first-order valence-electron chi connectivity index (χ1n) is 9.95. The minimum absolute atomic E-state index is 0.0924. The maximum atomic E-state index is 12.8. The number of aromatic nitrogens is 1. The molecule has 27 heavy (non-hydrogen) atoms. The highest BCUT2D eigenvalue weighted by Crippen LogP contribution is 2.42. The number of carbonyl (C=O) groups excluding carboxylic acids is 2. The Bertz CT molecular complexity index is 983. The zero-order chi connectivity index (χ0) is 18.7. The van der Waals surface area contributed by atoms with E-state index in [1.54, 1.807) is 0 Å². The predicted molar refractivity (Wildman–Crippen MR) is 106 cm³/mol. The quantitative estimate of drug-likeness (QED) is 0.912. The third-order valence-corrected chi connectivity index (χ3v) is 6.24. The van der Waals surface area contributed by atoms with E-state index in [9.17, 15) is 9.59 Å². The molecule has 2 unspecified atom stereocenters. The summed E-state index contributed by atoms with van der Waals surface area (Å²) in [5.41, 5.74) is 4.68. The van der Waals surface area contributed by atoms with Crippen LogP contribution in [-0.4, -0.2) is 47.5 Å². The van der Waals surface area contributed by atoms with Gasteiger partial charge in [-0.3, -0.25) is 19.1 Å². The summed E-state index contributed by atoms with van der Waals surface area (Å²) in [7, 11) is 2.10. The highest BCUT2D eigenvalue weighted by molar-refractivity contribution is 6.04. The van der Waals surface area contributed by atoms with E-state index in [2.05, 4.69) is 41.7 Å². The molecule has 0 spiro atoms. The van der Waals surface area contributed by atoms with Gasteiger partial charge in [0.2, 0.25) is 11.8 Å². The van der Waals surface area contributed by atoms with Crippen LogP contribution < -0.4 is 5.32 Å². The first-order chi connectivity index (χ1) is 13.1. The van der Waals surface area contributed by atoms with Gasteiger partial charge < -0.3 is 5.32 Å². The molecular weight excluding hydrogens is 338 g/mol. The summed E-state index contributed by atoms with van der Waals surface area (Å²) in [4.78, 5) is 27.5. The van der Waals surface area contributed by atoms with Crippen molar-refractivity contribution in [1.29, 1.82) is 0 Å². The molecular formula is C22H25N3O2. The summed E-state index contributed by atoms with van der Waals surface area (Å²) in [5.74, 6) is 0.392. The van der Waals surface area contributed by atoms with E-state index in [4.69, 9.17) is 0 Å². The van der Waals surface area contributed by atoms with Crippen LogP contribution in [0.1, 0.15) is 35.7 Å². The molecule has 2 heterocycles. The largest absolute Gasteiger partial charge is 0.356 e. The van der Waals surface area contributed by atoms with Crippen LogP contribution in [0.5, 0.6) is 0 Å². The van der Waals surface area contributed by atoms with Crippen molar-refractivity contribution < 1.29 is 9.59 Å². The summed E-state index contributed by atoms with van der Waals surface area (Å²) in [6.07, 6.45) is 7.14. The molecule has 0 saturated heterocycles. The van der Waals surface area contributed by atoms with Gasteiger partial charge >= 0.3 is 0 Å². The summed E-state index contributed by atoms with van der Waals surface area (Å²) >= 11 is 0. The second-order valence-corrected chi connectivity index (χ2v) is 8.12. The minimum Gasteiger partial charge on any atom is -0.356 e. The van der Waals surface area contributed by atoms with E-state index < -0.39 is 0 Å². The molecule has 1 amide bonds. The first-order valence-corrected chi connectivity index (χ1v) is 9.95. The molecule has 0 bridgehead atoms. The zero-order valence-electron chi connectivity index (χ0n) is 15.9. The number of hydrogen-bond acceptors (Lipinski definition) is 3. The smallest absolute Gasteiger partial charge is 0.234 e. The Labute approximate surface area is 159 Å². The number of benzene rings is 1. The molecule has 5 nitrogen and oxygen atoms in total. The monoisotopic (exact) mass is 363 g/mol. The van der Waals surface area contributed by atoms with Crippen LogP contribution in [0, 0.1) is 11.8 Å². The molecule has 1 aromatic carbocycles. The summed E-state index contributed by atoms with van der Waals surface area (Å²) in [5, 5.41) is 4.15. The Morgan fingerprint density at radius 3 is 2.81 bits per heavy atom. The molecule has 2 aliphatic carbocycles. The lowest BCUT2D eigenvalue weighted by Gasteiger charge is -2.39. The fraction of sp³-hybridized carbons (Fsp3) is 0.455. The fourth-order valence-corrected chi connectivity index (χ4v) is 4.74. The Hall–Kier alpha value is -2.40. The van der Waals surface area contributed by atoms with Crippen molar-refractivity contribution in [2.75, 3.05) is 20.1 Å². The number of fused-ring (bicyclic) bond motifs is 2. The highest BCUT2D eigenvalue weighted by Gasteiger charge is 2.37. The van der Waals surface area contributed by atoms with Crippen molar-refractivity contribution in [3.63, 3.8) is 0 Å². The van der Waals surface area contributed by atoms with Crippen LogP contribution >= 0.6 is 0 Å². The summed E-state index contributed by atoms with van der Waals surface area (Å²) < 4.78 is 1.88. The average molecular weight is 363 g/mol. The van der Waals surface area contributed by atoms with E-state index in [1.807, 2.05) is 17.6 Å². The van der Waals surface area contributed by atoms with Crippen LogP contribution in [-0.2, 0) is 11.2 Å². The van der Waals surface area contributed by atoms with Crippen molar-refractivity contribution in [2.24, 2.45) is 11.8 Å². The molecule has 0 radical (unpaired) electrons. The Morgan fingerprint density at radius 2 is 2.07 bits per heavy atom. The molecule has 1 fully saturated rings. The molecule has 140 valence electrons. The SMILES string of the molecule is CCNC(=O)C1C=C2c3cccc4c3c(cn4C(=O)C3CC3)CC2N(C)C1. The van der Waals surface area contributed by atoms with Crippen molar-refractivity contribution in [2.45, 2.75) is 32.2 Å². The van der Waals surface area contributed by atoms with E-state index in [0.717, 1.165) is 31.3 Å². The number of carbonyl (C=O) groups is 2. The van der Waals surface area contributed by atoms with Crippen LogP contribution in [0.25, 0.3) is 16.5 Å². The van der Waals surface area contributed by atoms with Crippen LogP contribution in [0.2, 0.25) is 0 Å². The highest BCUT2D eigenvalue weighted by atomic mass is 16.2. The molecule has 1 saturated carbocycles. The lowest BCUT2D eigenvalue weighted by Crippen LogP contribution is -2.46. The normalized spacial score (nSPS) is 24.4. The van der Waals surface area contributed by atoms with Crippen LogP contribution in [0.15, 0.2) is 30.5 Å². The van der Waals surface area contributed by atoms with Crippen molar-refractivity contribution in [3.05, 3.63) is 41.6 Å². The lowest BCUT2D eigenvalue weighted by atomic mass is 9.80. The summed E-state index contributed by atoms with van der Waals surface area (Å²) in [6.45, 7) is 3.33. The van der Waals surface area contributed by atoms with Gasteiger partial charge in [-0.25, -0.2) is 0 Å². The average Bonchev–Trinajstić information content (AvgIpc) is 3.45. The number of likely N-dealkylation sites (N-methyl/N-ethyl adjacent to an activating group) is 1. The summed E-state index contributed by atoms with van der Waals surface area (Å²) in [6, 6.07) is 6.50. The lowest BCUT2D eigenvalue weighted by molar-refractivity contribution is -0.124. The van der Waals surface area contributed by atoms with E-state index in [-0.39, 0.29) is 29.7 Å². The minimum atomic E-state index is -0.131. The maximum Gasteiger partial charge on any atom is 0.234 e. The number of amides is 1. The second-order valence-electron chi connectivity index (χ2n) is 8.12. The maximum absolute atomic E-state index is 12.8. The van der Waals surface area contributed by atoms with E-state index in [0.29, 0.717) is 6.54 Å². The zero-order valence-corrected chi connectivity index (χ0v) is 15.9. The molecule has 2 atom stereocenters. The van der Waals surface area contributed by atoms with E-state index >= 15 is 0 Å². The molecule has 3 aliphatic rings. The van der Waals surface area contributed by atoms with Crippen molar-refractivity contribution in [1.82, 2.24) is 14.8 Å². The molecule has 1 aromatic heterocycles. The number of hydrogen-bond donors (Lipinski definition) is 1. The standard InChI is InChI=1S/C22H25N3O2/c1-3-23-21(26)15-9-17-16-5-4-6-18-20(16)14(10-19(17)24(2)11-15)12-25(18)22(27)13-7-8-13/h4-6,9,12-13,15,19H,3,7-8,10-11H2,1-2H3,(H,23,26). The molecule has 5 heteroatoms. The van der Waals surface area contributed by atoms with Gasteiger partial charge in [0.1, 0.15) is 0 Å². The van der Waals surface area contributed by atoms with Crippen molar-refractivity contribution in [3.8, 4) is 0 Å². The fourth-order valence-electron chi connectivity index (χ4n) is 4.74. The Morgan fingerprint density at radius 1 is 1.26 bits per heavy atom. The molecule has 2 aromatic rings. The number of rotatable bonds is 3. The number of nitrogens with zero attached hydrogens (tertiary/aromatic N) is 2. The second kappa shape index (κ2) is 6.06. The van der Waals surface area contributed by atoms with Gasteiger partial charge in [-0.2, -0.15) is 0 Å². The molecule has 5 rings (SSSR count). The first kappa shape index (κ1) is 16.8. The van der Waals surface area contributed by atoms with E-state index in [1.165, 1.54) is 22.1 Å². The third kappa shape index (κ3) is 2.56. The van der Waals surface area contributed by atoms with Crippen LogP contribution in [0.3, 0.4) is 0 Å². The Balaban J connectivity index is 1.64. The van der Waals surface area contributed by atoms with Crippen LogP contribution in [0.4, 0.5) is 0 Å². The molecule has 1 aliphatic heterocycles. The topological polar surface area (TPSA) is 54.3 Å². The van der Waals surface area contributed by atoms with Crippen molar-refractivity contribution >= 4 is 28.3 Å². The van der Waals surface area contributed by atoms with Gasteiger partial charge in [-0.1, -0.05) is 18.2 Å². The van der Waals surface area contributed by atoms with Gasteiger partial charge in [-0.15, -0.1) is 0 Å².